The number of carbonyl (C=O) groups is 1. The molecule has 0 radical (unpaired) electrons. The van der Waals surface area contributed by atoms with E-state index in [9.17, 15) is 9.90 Å². The van der Waals surface area contributed by atoms with Crippen molar-refractivity contribution in [2.45, 2.75) is 20.4 Å². The highest BCUT2D eigenvalue weighted by Crippen LogP contribution is 2.25. The van der Waals surface area contributed by atoms with E-state index in [-0.39, 0.29) is 11.7 Å². The van der Waals surface area contributed by atoms with Gasteiger partial charge in [-0.05, 0) is 60.1 Å². The first-order valence-electron chi connectivity index (χ1n) is 6.71. The number of pyridine rings is 1. The molecule has 2 rings (SSSR count). The molecule has 0 saturated heterocycles. The molecular formula is C16H17BrN2O2. The number of halogens is 1. The van der Waals surface area contributed by atoms with Crippen LogP contribution in [-0.4, -0.2) is 27.4 Å². The standard InChI is InChI=1S/C16H17BrN2O2/c1-3-19(10-13-6-4-5-11(2)18-13)16(21)12-7-8-14(17)15(20)9-12/h4-9,20H,3,10H2,1-2H3. The van der Waals surface area contributed by atoms with Gasteiger partial charge in [0.1, 0.15) is 5.75 Å². The Morgan fingerprint density at radius 2 is 2.10 bits per heavy atom. The zero-order chi connectivity index (χ0) is 15.4. The van der Waals surface area contributed by atoms with Gasteiger partial charge < -0.3 is 10.0 Å². The van der Waals surface area contributed by atoms with Gasteiger partial charge in [-0.15, -0.1) is 0 Å². The fourth-order valence-corrected chi connectivity index (χ4v) is 2.29. The van der Waals surface area contributed by atoms with E-state index in [2.05, 4.69) is 20.9 Å². The molecule has 1 heterocycles. The quantitative estimate of drug-likeness (QED) is 0.919. The molecule has 110 valence electrons. The van der Waals surface area contributed by atoms with Crippen LogP contribution in [0.4, 0.5) is 0 Å². The van der Waals surface area contributed by atoms with Crippen LogP contribution in [0.3, 0.4) is 0 Å². The lowest BCUT2D eigenvalue weighted by atomic mass is 10.2. The third kappa shape index (κ3) is 3.82. The van der Waals surface area contributed by atoms with Crippen LogP contribution >= 0.6 is 15.9 Å². The minimum absolute atomic E-state index is 0.0607. The Labute approximate surface area is 132 Å². The molecule has 0 aliphatic heterocycles. The molecule has 0 saturated carbocycles. The monoisotopic (exact) mass is 348 g/mol. The molecule has 5 heteroatoms. The van der Waals surface area contributed by atoms with Crippen molar-refractivity contribution in [2.24, 2.45) is 0 Å². The van der Waals surface area contributed by atoms with Crippen molar-refractivity contribution in [3.63, 3.8) is 0 Å². The summed E-state index contributed by atoms with van der Waals surface area (Å²) in [7, 11) is 0. The number of aryl methyl sites for hydroxylation is 1. The van der Waals surface area contributed by atoms with Crippen molar-refractivity contribution in [1.29, 1.82) is 0 Å². The summed E-state index contributed by atoms with van der Waals surface area (Å²) in [5.74, 6) is -0.0609. The minimum atomic E-state index is -0.122. The molecule has 0 aliphatic carbocycles. The van der Waals surface area contributed by atoms with Gasteiger partial charge in [-0.2, -0.15) is 0 Å². The van der Waals surface area contributed by atoms with E-state index in [1.807, 2.05) is 32.0 Å². The van der Waals surface area contributed by atoms with Crippen LogP contribution in [0.5, 0.6) is 5.75 Å². The first-order valence-corrected chi connectivity index (χ1v) is 7.51. The van der Waals surface area contributed by atoms with Gasteiger partial charge in [0.2, 0.25) is 0 Å². The smallest absolute Gasteiger partial charge is 0.254 e. The van der Waals surface area contributed by atoms with Crippen LogP contribution in [0.2, 0.25) is 0 Å². The van der Waals surface area contributed by atoms with Crippen molar-refractivity contribution in [1.82, 2.24) is 9.88 Å². The molecule has 21 heavy (non-hydrogen) atoms. The maximum Gasteiger partial charge on any atom is 0.254 e. The number of benzene rings is 1. The SMILES string of the molecule is CCN(Cc1cccc(C)n1)C(=O)c1ccc(Br)c(O)c1. The van der Waals surface area contributed by atoms with Gasteiger partial charge in [-0.25, -0.2) is 0 Å². The van der Waals surface area contributed by atoms with Crippen molar-refractivity contribution in [3.8, 4) is 5.75 Å². The molecule has 1 aromatic heterocycles. The number of aromatic hydroxyl groups is 1. The molecule has 0 aliphatic rings. The van der Waals surface area contributed by atoms with E-state index in [4.69, 9.17) is 0 Å². The van der Waals surface area contributed by atoms with Gasteiger partial charge in [0.05, 0.1) is 16.7 Å². The highest BCUT2D eigenvalue weighted by atomic mass is 79.9. The molecule has 0 fully saturated rings. The van der Waals surface area contributed by atoms with Gasteiger partial charge in [0.15, 0.2) is 0 Å². The summed E-state index contributed by atoms with van der Waals surface area (Å²) in [6.07, 6.45) is 0. The largest absolute Gasteiger partial charge is 0.507 e. The lowest BCUT2D eigenvalue weighted by Gasteiger charge is -2.21. The zero-order valence-electron chi connectivity index (χ0n) is 12.0. The lowest BCUT2D eigenvalue weighted by molar-refractivity contribution is 0.0750. The Balaban J connectivity index is 2.20. The average Bonchev–Trinajstić information content (AvgIpc) is 2.47. The van der Waals surface area contributed by atoms with Crippen molar-refractivity contribution < 1.29 is 9.90 Å². The number of hydrogen-bond acceptors (Lipinski definition) is 3. The van der Waals surface area contributed by atoms with E-state index >= 15 is 0 Å². The van der Waals surface area contributed by atoms with Gasteiger partial charge in [0.25, 0.3) is 5.91 Å². The molecule has 0 atom stereocenters. The summed E-state index contributed by atoms with van der Waals surface area (Å²) >= 11 is 3.21. The molecule has 0 unspecified atom stereocenters. The van der Waals surface area contributed by atoms with Crippen LogP contribution < -0.4 is 0 Å². The third-order valence-electron chi connectivity index (χ3n) is 3.16. The maximum atomic E-state index is 12.5. The first kappa shape index (κ1) is 15.5. The Hall–Kier alpha value is -1.88. The molecule has 1 aromatic carbocycles. The van der Waals surface area contributed by atoms with Gasteiger partial charge >= 0.3 is 0 Å². The number of phenols is 1. The molecule has 4 nitrogen and oxygen atoms in total. The molecule has 0 spiro atoms. The van der Waals surface area contributed by atoms with Crippen molar-refractivity contribution in [3.05, 3.63) is 57.8 Å². The second kappa shape index (κ2) is 6.72. The number of phenolic OH excluding ortho intramolecular Hbond substituents is 1. The van der Waals surface area contributed by atoms with Crippen LogP contribution in [0.15, 0.2) is 40.9 Å². The van der Waals surface area contributed by atoms with Crippen molar-refractivity contribution >= 4 is 21.8 Å². The van der Waals surface area contributed by atoms with E-state index in [0.29, 0.717) is 23.1 Å². The van der Waals surface area contributed by atoms with Gasteiger partial charge in [-0.1, -0.05) is 6.07 Å². The summed E-state index contributed by atoms with van der Waals surface area (Å²) in [6, 6.07) is 10.6. The summed E-state index contributed by atoms with van der Waals surface area (Å²) in [5, 5.41) is 9.70. The van der Waals surface area contributed by atoms with Gasteiger partial charge in [-0.3, -0.25) is 9.78 Å². The zero-order valence-corrected chi connectivity index (χ0v) is 13.6. The molecular weight excluding hydrogens is 332 g/mol. The Bertz CT molecular complexity index is 658. The van der Waals surface area contributed by atoms with Crippen LogP contribution in [0.25, 0.3) is 0 Å². The van der Waals surface area contributed by atoms with Crippen LogP contribution in [0, 0.1) is 6.92 Å². The Morgan fingerprint density at radius 1 is 1.33 bits per heavy atom. The number of hydrogen-bond donors (Lipinski definition) is 1. The lowest BCUT2D eigenvalue weighted by Crippen LogP contribution is -2.30. The normalized spacial score (nSPS) is 10.4. The molecule has 0 bridgehead atoms. The van der Waals surface area contributed by atoms with E-state index in [1.54, 1.807) is 17.0 Å². The molecule has 2 aromatic rings. The van der Waals surface area contributed by atoms with E-state index in [1.165, 1.54) is 6.07 Å². The average molecular weight is 349 g/mol. The number of carbonyl (C=O) groups excluding carboxylic acids is 1. The molecule has 1 N–H and O–H groups in total. The summed E-state index contributed by atoms with van der Waals surface area (Å²) < 4.78 is 0.572. The maximum absolute atomic E-state index is 12.5. The van der Waals surface area contributed by atoms with Crippen LogP contribution in [-0.2, 0) is 6.54 Å². The van der Waals surface area contributed by atoms with Crippen molar-refractivity contribution in [2.75, 3.05) is 6.54 Å². The second-order valence-electron chi connectivity index (χ2n) is 4.76. The van der Waals surface area contributed by atoms with Crippen LogP contribution in [0.1, 0.15) is 28.7 Å². The number of amides is 1. The second-order valence-corrected chi connectivity index (χ2v) is 5.61. The van der Waals surface area contributed by atoms with E-state index in [0.717, 1.165) is 11.4 Å². The topological polar surface area (TPSA) is 53.4 Å². The molecule has 1 amide bonds. The highest BCUT2D eigenvalue weighted by molar-refractivity contribution is 9.10. The highest BCUT2D eigenvalue weighted by Gasteiger charge is 2.16. The predicted octanol–water partition coefficient (Wildman–Crippen LogP) is 3.52. The fraction of sp³-hybridized carbons (Fsp3) is 0.250. The summed E-state index contributed by atoms with van der Waals surface area (Å²) in [6.45, 7) is 4.87. The van der Waals surface area contributed by atoms with E-state index < -0.39 is 0 Å². The van der Waals surface area contributed by atoms with Gasteiger partial charge in [0, 0.05) is 17.8 Å². The minimum Gasteiger partial charge on any atom is -0.507 e. The Kier molecular flexibility index (Phi) is 4.96. The summed E-state index contributed by atoms with van der Waals surface area (Å²) in [5.41, 5.74) is 2.24. The number of nitrogens with zero attached hydrogens (tertiary/aromatic N) is 2. The third-order valence-corrected chi connectivity index (χ3v) is 3.83. The number of rotatable bonds is 4. The Morgan fingerprint density at radius 3 is 2.71 bits per heavy atom. The predicted molar refractivity (Wildman–Crippen MR) is 85.2 cm³/mol. The number of aromatic nitrogens is 1. The fourth-order valence-electron chi connectivity index (χ4n) is 2.04. The summed E-state index contributed by atoms with van der Waals surface area (Å²) in [4.78, 5) is 18.6. The first-order chi connectivity index (χ1) is 10.0.